The quantitative estimate of drug-likeness (QED) is 0.552. The number of hydrogen-bond acceptors (Lipinski definition) is 3. The number of carbonyl (C=O) groups is 1. The normalized spacial score (nSPS) is 11.6. The van der Waals surface area contributed by atoms with Gasteiger partial charge in [-0.1, -0.05) is 23.7 Å². The predicted octanol–water partition coefficient (Wildman–Crippen LogP) is 5.30. The summed E-state index contributed by atoms with van der Waals surface area (Å²) in [7, 11) is 0. The Labute approximate surface area is 158 Å². The molecule has 4 nitrogen and oxygen atoms in total. The number of benzene rings is 2. The van der Waals surface area contributed by atoms with Crippen LogP contribution in [0.2, 0.25) is 5.02 Å². The molecule has 0 unspecified atom stereocenters. The highest BCUT2D eigenvalue weighted by Crippen LogP contribution is 2.36. The average molecular weight is 395 g/mol. The molecule has 2 rings (SSSR count). The summed E-state index contributed by atoms with van der Waals surface area (Å²) in [6.45, 7) is 2.34. The van der Waals surface area contributed by atoms with Gasteiger partial charge in [-0.3, -0.25) is 4.79 Å². The Morgan fingerprint density at radius 2 is 1.93 bits per heavy atom. The number of hydrogen-bond donors (Lipinski definition) is 1. The maximum Gasteiger partial charge on any atom is 0.417 e. The highest BCUT2D eigenvalue weighted by atomic mass is 35.5. The van der Waals surface area contributed by atoms with E-state index < -0.39 is 22.7 Å². The van der Waals surface area contributed by atoms with Crippen LogP contribution in [0.15, 0.2) is 48.0 Å². The van der Waals surface area contributed by atoms with Crippen molar-refractivity contribution in [1.82, 2.24) is 0 Å². The summed E-state index contributed by atoms with van der Waals surface area (Å²) in [6.07, 6.45) is -3.33. The van der Waals surface area contributed by atoms with Crippen LogP contribution in [0, 0.1) is 11.3 Å². The maximum absolute atomic E-state index is 12.9. The van der Waals surface area contributed by atoms with E-state index in [1.807, 2.05) is 6.92 Å². The first-order valence-corrected chi connectivity index (χ1v) is 8.15. The molecule has 1 amide bonds. The monoisotopic (exact) mass is 394 g/mol. The zero-order valence-electron chi connectivity index (χ0n) is 14.1. The summed E-state index contributed by atoms with van der Waals surface area (Å²) in [6, 6.07) is 11.4. The Bertz CT molecular complexity index is 901. The van der Waals surface area contributed by atoms with E-state index in [0.717, 1.165) is 6.07 Å². The maximum atomic E-state index is 12.9. The van der Waals surface area contributed by atoms with E-state index in [-0.39, 0.29) is 11.3 Å². The predicted molar refractivity (Wildman–Crippen MR) is 96.3 cm³/mol. The van der Waals surface area contributed by atoms with Crippen LogP contribution < -0.4 is 10.1 Å². The second kappa shape index (κ2) is 8.60. The molecule has 0 aliphatic carbocycles. The van der Waals surface area contributed by atoms with Gasteiger partial charge in [0.25, 0.3) is 5.91 Å². The van der Waals surface area contributed by atoms with Crippen molar-refractivity contribution < 1.29 is 22.7 Å². The molecule has 0 bridgehead atoms. The smallest absolute Gasteiger partial charge is 0.417 e. The molecule has 0 radical (unpaired) electrons. The molecule has 0 spiro atoms. The minimum absolute atomic E-state index is 0.121. The second-order valence-corrected chi connectivity index (χ2v) is 5.73. The van der Waals surface area contributed by atoms with Crippen LogP contribution in [-0.4, -0.2) is 12.5 Å². The van der Waals surface area contributed by atoms with Crippen LogP contribution in [0.1, 0.15) is 18.1 Å². The van der Waals surface area contributed by atoms with Crippen LogP contribution in [-0.2, 0) is 11.0 Å². The van der Waals surface area contributed by atoms with Gasteiger partial charge in [0.1, 0.15) is 17.4 Å². The summed E-state index contributed by atoms with van der Waals surface area (Å²) in [5, 5.41) is 11.0. The van der Waals surface area contributed by atoms with Gasteiger partial charge in [0, 0.05) is 5.69 Å². The molecule has 2 aromatic carbocycles. The van der Waals surface area contributed by atoms with Crippen LogP contribution in [0.3, 0.4) is 0 Å². The number of rotatable bonds is 5. The summed E-state index contributed by atoms with van der Waals surface area (Å²) < 4.78 is 44.0. The molecule has 0 saturated carbocycles. The minimum Gasteiger partial charge on any atom is -0.494 e. The number of halogens is 4. The molecular formula is C19H14ClF3N2O2. The van der Waals surface area contributed by atoms with E-state index in [1.54, 1.807) is 30.3 Å². The van der Waals surface area contributed by atoms with E-state index >= 15 is 0 Å². The van der Waals surface area contributed by atoms with Crippen LogP contribution >= 0.6 is 11.6 Å². The minimum atomic E-state index is -4.66. The number of nitriles is 1. The van der Waals surface area contributed by atoms with Gasteiger partial charge >= 0.3 is 6.18 Å². The van der Waals surface area contributed by atoms with Crippen molar-refractivity contribution in [1.29, 1.82) is 5.26 Å². The van der Waals surface area contributed by atoms with Gasteiger partial charge in [-0.15, -0.1) is 0 Å². The molecule has 2 aromatic rings. The number of carbonyl (C=O) groups excluding carboxylic acids is 1. The summed E-state index contributed by atoms with van der Waals surface area (Å²) >= 11 is 5.54. The average Bonchev–Trinajstić information content (AvgIpc) is 2.62. The number of nitrogens with zero attached hydrogens (tertiary/aromatic N) is 1. The van der Waals surface area contributed by atoms with Gasteiger partial charge in [0.15, 0.2) is 0 Å². The largest absolute Gasteiger partial charge is 0.494 e. The SMILES string of the molecule is CCOc1ccc(/C=C(\C#N)C(=O)Nc2ccc(Cl)c(C(F)(F)F)c2)cc1. The molecule has 0 atom stereocenters. The Kier molecular flexibility index (Phi) is 6.48. The Hall–Kier alpha value is -2.98. The fourth-order valence-electron chi connectivity index (χ4n) is 2.16. The van der Waals surface area contributed by atoms with E-state index in [4.69, 9.17) is 16.3 Å². The summed E-state index contributed by atoms with van der Waals surface area (Å²) in [4.78, 5) is 12.2. The van der Waals surface area contributed by atoms with Crippen molar-refractivity contribution in [3.05, 3.63) is 64.2 Å². The first-order chi connectivity index (χ1) is 12.7. The van der Waals surface area contributed by atoms with Gasteiger partial charge in [0.05, 0.1) is 17.2 Å². The first kappa shape index (κ1) is 20.3. The highest BCUT2D eigenvalue weighted by molar-refractivity contribution is 6.31. The molecule has 0 heterocycles. The molecule has 27 heavy (non-hydrogen) atoms. The first-order valence-electron chi connectivity index (χ1n) is 7.77. The second-order valence-electron chi connectivity index (χ2n) is 5.32. The molecule has 8 heteroatoms. The number of amides is 1. The van der Waals surface area contributed by atoms with E-state index in [9.17, 15) is 23.2 Å². The van der Waals surface area contributed by atoms with E-state index in [0.29, 0.717) is 24.0 Å². The number of ether oxygens (including phenoxy) is 1. The van der Waals surface area contributed by atoms with Crippen molar-refractivity contribution in [2.45, 2.75) is 13.1 Å². The fourth-order valence-corrected chi connectivity index (χ4v) is 2.39. The molecule has 0 fully saturated rings. The standard InChI is InChI=1S/C19H14ClF3N2O2/c1-2-27-15-6-3-12(4-7-15)9-13(11-24)18(26)25-14-5-8-17(20)16(10-14)19(21,22)23/h3-10H,2H2,1H3,(H,25,26)/b13-9+. The highest BCUT2D eigenvalue weighted by Gasteiger charge is 2.33. The van der Waals surface area contributed by atoms with Crippen LogP contribution in [0.4, 0.5) is 18.9 Å². The van der Waals surface area contributed by atoms with Crippen molar-refractivity contribution in [3.63, 3.8) is 0 Å². The lowest BCUT2D eigenvalue weighted by Crippen LogP contribution is -2.14. The van der Waals surface area contributed by atoms with Gasteiger partial charge in [0.2, 0.25) is 0 Å². The lowest BCUT2D eigenvalue weighted by Gasteiger charge is -2.11. The molecule has 0 aromatic heterocycles. The fraction of sp³-hybridized carbons (Fsp3) is 0.158. The van der Waals surface area contributed by atoms with E-state index in [1.165, 1.54) is 12.1 Å². The third-order valence-electron chi connectivity index (χ3n) is 3.40. The zero-order chi connectivity index (χ0) is 20.0. The molecule has 0 aliphatic heterocycles. The van der Waals surface area contributed by atoms with Crippen LogP contribution in [0.25, 0.3) is 6.08 Å². The van der Waals surface area contributed by atoms with Crippen molar-refractivity contribution in [3.8, 4) is 11.8 Å². The topological polar surface area (TPSA) is 62.1 Å². The lowest BCUT2D eigenvalue weighted by molar-refractivity contribution is -0.137. The van der Waals surface area contributed by atoms with Gasteiger partial charge < -0.3 is 10.1 Å². The van der Waals surface area contributed by atoms with Crippen molar-refractivity contribution in [2.24, 2.45) is 0 Å². The molecule has 0 aliphatic rings. The zero-order valence-corrected chi connectivity index (χ0v) is 14.9. The Balaban J connectivity index is 2.21. The van der Waals surface area contributed by atoms with Crippen molar-refractivity contribution in [2.75, 3.05) is 11.9 Å². The third kappa shape index (κ3) is 5.50. The summed E-state index contributed by atoms with van der Waals surface area (Å²) in [5.41, 5.74) is -0.888. The Morgan fingerprint density at radius 3 is 2.48 bits per heavy atom. The number of nitrogens with one attached hydrogen (secondary N) is 1. The molecule has 140 valence electrons. The molecular weight excluding hydrogens is 381 g/mol. The summed E-state index contributed by atoms with van der Waals surface area (Å²) in [5.74, 6) is -0.194. The number of anilines is 1. The van der Waals surface area contributed by atoms with Crippen molar-refractivity contribution >= 4 is 29.3 Å². The molecule has 1 N–H and O–H groups in total. The number of alkyl halides is 3. The molecule has 0 saturated heterocycles. The van der Waals surface area contributed by atoms with E-state index in [2.05, 4.69) is 5.32 Å². The van der Waals surface area contributed by atoms with Gasteiger partial charge in [-0.05, 0) is 48.9 Å². The Morgan fingerprint density at radius 1 is 1.26 bits per heavy atom. The van der Waals surface area contributed by atoms with Gasteiger partial charge in [-0.2, -0.15) is 18.4 Å². The lowest BCUT2D eigenvalue weighted by atomic mass is 10.1. The third-order valence-corrected chi connectivity index (χ3v) is 3.73. The van der Waals surface area contributed by atoms with Crippen LogP contribution in [0.5, 0.6) is 5.75 Å². The van der Waals surface area contributed by atoms with Gasteiger partial charge in [-0.25, -0.2) is 0 Å².